The van der Waals surface area contributed by atoms with Gasteiger partial charge in [-0.15, -0.1) is 16.4 Å². The standard InChI is InChI=1S/C17H17N5O2S/c23-17(16-11-25-12-18-16)21-7-6-14(9-21)22-8-13(19-20-22)10-24-15-4-2-1-3-5-15/h1-5,8,11-12,14H,6-7,9-10H2. The number of benzene rings is 1. The molecule has 0 spiro atoms. The zero-order valence-corrected chi connectivity index (χ0v) is 14.3. The Balaban J connectivity index is 1.35. The minimum Gasteiger partial charge on any atom is -0.487 e. The summed E-state index contributed by atoms with van der Waals surface area (Å²) in [5.41, 5.74) is 2.96. The molecule has 0 N–H and O–H groups in total. The molecule has 0 saturated carbocycles. The summed E-state index contributed by atoms with van der Waals surface area (Å²) in [5.74, 6) is 0.787. The number of carbonyl (C=O) groups excluding carboxylic acids is 1. The van der Waals surface area contributed by atoms with E-state index in [0.29, 0.717) is 25.4 Å². The predicted molar refractivity (Wildman–Crippen MR) is 92.5 cm³/mol. The molecule has 1 aromatic carbocycles. The number of hydrogen-bond donors (Lipinski definition) is 0. The molecule has 25 heavy (non-hydrogen) atoms. The average Bonchev–Trinajstić information content (AvgIpc) is 3.41. The summed E-state index contributed by atoms with van der Waals surface area (Å²) < 4.78 is 7.52. The highest BCUT2D eigenvalue weighted by atomic mass is 32.1. The maximum atomic E-state index is 12.4. The van der Waals surface area contributed by atoms with Crippen molar-refractivity contribution in [2.75, 3.05) is 13.1 Å². The van der Waals surface area contributed by atoms with Crippen LogP contribution in [0.2, 0.25) is 0 Å². The second-order valence-electron chi connectivity index (χ2n) is 5.86. The van der Waals surface area contributed by atoms with Crippen LogP contribution in [0.15, 0.2) is 47.4 Å². The lowest BCUT2D eigenvalue weighted by Crippen LogP contribution is -2.29. The SMILES string of the molecule is O=C(c1cscn1)N1CCC(n2cc(COc3ccccc3)nn2)C1. The lowest BCUT2D eigenvalue weighted by molar-refractivity contribution is 0.0782. The van der Waals surface area contributed by atoms with E-state index in [1.54, 1.807) is 10.9 Å². The molecular weight excluding hydrogens is 338 g/mol. The van der Waals surface area contributed by atoms with Crippen LogP contribution in [0.3, 0.4) is 0 Å². The maximum absolute atomic E-state index is 12.4. The number of ether oxygens (including phenoxy) is 1. The molecule has 0 radical (unpaired) electrons. The molecule has 3 heterocycles. The van der Waals surface area contributed by atoms with E-state index < -0.39 is 0 Å². The fourth-order valence-electron chi connectivity index (χ4n) is 2.85. The van der Waals surface area contributed by atoms with Crippen molar-refractivity contribution in [2.24, 2.45) is 0 Å². The first-order chi connectivity index (χ1) is 12.3. The molecule has 128 valence electrons. The minimum absolute atomic E-state index is 0.0171. The molecule has 1 unspecified atom stereocenters. The number of hydrogen-bond acceptors (Lipinski definition) is 6. The van der Waals surface area contributed by atoms with Gasteiger partial charge in [0.25, 0.3) is 5.91 Å². The Morgan fingerprint density at radius 2 is 2.20 bits per heavy atom. The third-order valence-electron chi connectivity index (χ3n) is 4.16. The predicted octanol–water partition coefficient (Wildman–Crippen LogP) is 2.40. The van der Waals surface area contributed by atoms with Gasteiger partial charge in [-0.3, -0.25) is 4.79 Å². The summed E-state index contributed by atoms with van der Waals surface area (Å²) in [6, 6.07) is 9.76. The molecule has 2 aromatic heterocycles. The van der Waals surface area contributed by atoms with Crippen LogP contribution in [0.25, 0.3) is 0 Å². The van der Waals surface area contributed by atoms with Crippen molar-refractivity contribution in [1.29, 1.82) is 0 Å². The highest BCUT2D eigenvalue weighted by Crippen LogP contribution is 2.22. The Labute approximate surface area is 148 Å². The van der Waals surface area contributed by atoms with Gasteiger partial charge < -0.3 is 9.64 Å². The van der Waals surface area contributed by atoms with Gasteiger partial charge in [-0.2, -0.15) is 0 Å². The van der Waals surface area contributed by atoms with Crippen LogP contribution >= 0.6 is 11.3 Å². The van der Waals surface area contributed by atoms with E-state index in [2.05, 4.69) is 15.3 Å². The van der Waals surface area contributed by atoms with Crippen LogP contribution in [0.5, 0.6) is 5.75 Å². The number of nitrogens with zero attached hydrogens (tertiary/aromatic N) is 5. The van der Waals surface area contributed by atoms with E-state index in [9.17, 15) is 4.79 Å². The summed E-state index contributed by atoms with van der Waals surface area (Å²) in [6.45, 7) is 1.70. The number of aromatic nitrogens is 4. The zero-order valence-electron chi connectivity index (χ0n) is 13.5. The number of carbonyl (C=O) groups is 1. The summed E-state index contributed by atoms with van der Waals surface area (Å²) >= 11 is 1.43. The van der Waals surface area contributed by atoms with Gasteiger partial charge in [-0.25, -0.2) is 9.67 Å². The van der Waals surface area contributed by atoms with E-state index in [4.69, 9.17) is 4.74 Å². The smallest absolute Gasteiger partial charge is 0.273 e. The van der Waals surface area contributed by atoms with Crippen LogP contribution < -0.4 is 4.74 Å². The second kappa shape index (κ2) is 7.02. The molecule has 3 aromatic rings. The van der Waals surface area contributed by atoms with Crippen LogP contribution in [0, 0.1) is 0 Å². The van der Waals surface area contributed by atoms with Crippen molar-refractivity contribution >= 4 is 17.2 Å². The van der Waals surface area contributed by atoms with Crippen molar-refractivity contribution < 1.29 is 9.53 Å². The van der Waals surface area contributed by atoms with Crippen molar-refractivity contribution in [3.8, 4) is 5.75 Å². The molecule has 7 nitrogen and oxygen atoms in total. The fraction of sp³-hybridized carbons (Fsp3) is 0.294. The molecule has 0 aliphatic carbocycles. The van der Waals surface area contributed by atoms with Crippen molar-refractivity contribution in [2.45, 2.75) is 19.1 Å². The highest BCUT2D eigenvalue weighted by molar-refractivity contribution is 7.07. The molecule has 1 fully saturated rings. The molecule has 1 aliphatic heterocycles. The summed E-state index contributed by atoms with van der Waals surface area (Å²) in [5, 5.41) is 10.2. The first-order valence-corrected chi connectivity index (χ1v) is 9.00. The summed E-state index contributed by atoms with van der Waals surface area (Å²) in [4.78, 5) is 18.3. The van der Waals surface area contributed by atoms with Crippen molar-refractivity contribution in [3.05, 3.63) is 58.8 Å². The number of amides is 1. The van der Waals surface area contributed by atoms with Gasteiger partial charge in [0.05, 0.1) is 17.7 Å². The maximum Gasteiger partial charge on any atom is 0.273 e. The Morgan fingerprint density at radius 1 is 1.32 bits per heavy atom. The topological polar surface area (TPSA) is 73.1 Å². The highest BCUT2D eigenvalue weighted by Gasteiger charge is 2.29. The van der Waals surface area contributed by atoms with Gasteiger partial charge in [-0.05, 0) is 18.6 Å². The Bertz CT molecular complexity index is 834. The van der Waals surface area contributed by atoms with Gasteiger partial charge >= 0.3 is 0 Å². The number of rotatable bonds is 5. The molecule has 0 bridgehead atoms. The molecule has 4 rings (SSSR count). The van der Waals surface area contributed by atoms with Gasteiger partial charge in [0.1, 0.15) is 23.7 Å². The van der Waals surface area contributed by atoms with Crippen LogP contribution in [0.1, 0.15) is 28.6 Å². The van der Waals surface area contributed by atoms with E-state index in [-0.39, 0.29) is 11.9 Å². The van der Waals surface area contributed by atoms with Gasteiger partial charge in [0, 0.05) is 18.5 Å². The summed E-state index contributed by atoms with van der Waals surface area (Å²) in [7, 11) is 0. The lowest BCUT2D eigenvalue weighted by Gasteiger charge is -2.14. The minimum atomic E-state index is -0.0171. The first kappa shape index (κ1) is 15.8. The van der Waals surface area contributed by atoms with Crippen LogP contribution in [-0.4, -0.2) is 43.9 Å². The van der Waals surface area contributed by atoms with Crippen LogP contribution in [0.4, 0.5) is 0 Å². The molecule has 1 saturated heterocycles. The molecular formula is C17H17N5O2S. The third-order valence-corrected chi connectivity index (χ3v) is 4.75. The first-order valence-electron chi connectivity index (χ1n) is 8.05. The molecule has 1 aliphatic rings. The Morgan fingerprint density at radius 3 is 3.00 bits per heavy atom. The largest absolute Gasteiger partial charge is 0.487 e. The monoisotopic (exact) mass is 355 g/mol. The van der Waals surface area contributed by atoms with E-state index in [1.807, 2.05) is 46.1 Å². The Kier molecular flexibility index (Phi) is 4.43. The number of likely N-dealkylation sites (tertiary alicyclic amines) is 1. The third kappa shape index (κ3) is 3.53. The second-order valence-corrected chi connectivity index (χ2v) is 6.58. The van der Waals surface area contributed by atoms with Crippen molar-refractivity contribution in [1.82, 2.24) is 24.9 Å². The fourth-order valence-corrected chi connectivity index (χ4v) is 3.38. The normalized spacial score (nSPS) is 17.0. The van der Waals surface area contributed by atoms with Crippen LogP contribution in [-0.2, 0) is 6.61 Å². The van der Waals surface area contributed by atoms with E-state index in [1.165, 1.54) is 11.3 Å². The van der Waals surface area contributed by atoms with E-state index in [0.717, 1.165) is 17.9 Å². The lowest BCUT2D eigenvalue weighted by atomic mass is 10.3. The number of thiazole rings is 1. The van der Waals surface area contributed by atoms with Gasteiger partial charge in [-0.1, -0.05) is 23.4 Å². The average molecular weight is 355 g/mol. The van der Waals surface area contributed by atoms with Gasteiger partial charge in [0.15, 0.2) is 0 Å². The van der Waals surface area contributed by atoms with E-state index >= 15 is 0 Å². The Hall–Kier alpha value is -2.74. The van der Waals surface area contributed by atoms with Gasteiger partial charge in [0.2, 0.25) is 0 Å². The zero-order chi connectivity index (χ0) is 17.1. The number of para-hydroxylation sites is 1. The molecule has 8 heteroatoms. The van der Waals surface area contributed by atoms with Crippen molar-refractivity contribution in [3.63, 3.8) is 0 Å². The summed E-state index contributed by atoms with van der Waals surface area (Å²) in [6.07, 6.45) is 2.75. The molecule has 1 atom stereocenters. The molecule has 1 amide bonds. The quantitative estimate of drug-likeness (QED) is 0.703.